The monoisotopic (exact) mass is 271 g/mol. The number of nitrogens with zero attached hydrogens (tertiary/aromatic N) is 1. The van der Waals surface area contributed by atoms with Crippen LogP contribution in [0.3, 0.4) is 0 Å². The van der Waals surface area contributed by atoms with Crippen LogP contribution in [-0.4, -0.2) is 15.9 Å². The van der Waals surface area contributed by atoms with E-state index in [4.69, 9.17) is 0 Å². The molecule has 0 bridgehead atoms. The Morgan fingerprint density at radius 2 is 2.50 bits per heavy atom. The first kappa shape index (κ1) is 9.42. The molecule has 4 nitrogen and oxygen atoms in total. The van der Waals surface area contributed by atoms with E-state index in [0.29, 0.717) is 10.8 Å². The van der Waals surface area contributed by atoms with E-state index in [1.165, 1.54) is 11.3 Å². The van der Waals surface area contributed by atoms with Gasteiger partial charge in [-0.1, -0.05) is 0 Å². The van der Waals surface area contributed by atoms with Crippen LogP contribution in [0.2, 0.25) is 0 Å². The third kappa shape index (κ3) is 2.02. The number of carbonyl (C=O) groups excluding carboxylic acids is 1. The first-order chi connectivity index (χ1) is 6.75. The molecule has 0 aliphatic rings. The van der Waals surface area contributed by atoms with Crippen LogP contribution in [0, 0.1) is 0 Å². The second kappa shape index (κ2) is 3.93. The van der Waals surface area contributed by atoms with Crippen LogP contribution in [0.5, 0.6) is 0 Å². The van der Waals surface area contributed by atoms with Crippen molar-refractivity contribution in [3.05, 3.63) is 34.0 Å². The van der Waals surface area contributed by atoms with Gasteiger partial charge in [0.15, 0.2) is 5.13 Å². The van der Waals surface area contributed by atoms with Gasteiger partial charge in [0.25, 0.3) is 5.91 Å². The van der Waals surface area contributed by atoms with E-state index in [9.17, 15) is 4.79 Å². The molecule has 0 aliphatic heterocycles. The zero-order valence-corrected chi connectivity index (χ0v) is 9.35. The fraction of sp³-hybridized carbons (Fsp3) is 0. The minimum absolute atomic E-state index is 0.189. The minimum atomic E-state index is -0.189. The Morgan fingerprint density at radius 3 is 3.07 bits per heavy atom. The van der Waals surface area contributed by atoms with Crippen molar-refractivity contribution in [2.24, 2.45) is 0 Å². The van der Waals surface area contributed by atoms with Crippen molar-refractivity contribution in [1.29, 1.82) is 0 Å². The Bertz CT molecular complexity index is 437. The molecule has 0 fully saturated rings. The van der Waals surface area contributed by atoms with Crippen LogP contribution >= 0.6 is 27.3 Å². The largest absolute Gasteiger partial charge is 0.356 e. The van der Waals surface area contributed by atoms with E-state index in [-0.39, 0.29) is 5.91 Å². The number of rotatable bonds is 2. The summed E-state index contributed by atoms with van der Waals surface area (Å²) in [5, 5.41) is 5.07. The van der Waals surface area contributed by atoms with E-state index >= 15 is 0 Å². The van der Waals surface area contributed by atoms with Gasteiger partial charge in [0.2, 0.25) is 0 Å². The number of anilines is 1. The summed E-state index contributed by atoms with van der Waals surface area (Å²) in [7, 11) is 0. The maximum absolute atomic E-state index is 11.5. The second-order valence-electron chi connectivity index (χ2n) is 2.52. The van der Waals surface area contributed by atoms with E-state index in [1.54, 1.807) is 23.8 Å². The zero-order chi connectivity index (χ0) is 9.97. The van der Waals surface area contributed by atoms with Gasteiger partial charge >= 0.3 is 0 Å². The van der Waals surface area contributed by atoms with Crippen LogP contribution in [-0.2, 0) is 0 Å². The van der Waals surface area contributed by atoms with E-state index in [0.717, 1.165) is 4.47 Å². The molecule has 0 atom stereocenters. The third-order valence-electron chi connectivity index (χ3n) is 1.55. The SMILES string of the molecule is O=C(Nc1nccs1)c1cc(Br)c[nH]1. The fourth-order valence-corrected chi connectivity index (χ4v) is 1.82. The van der Waals surface area contributed by atoms with E-state index in [1.807, 2.05) is 0 Å². The topological polar surface area (TPSA) is 57.8 Å². The standard InChI is InChI=1S/C8H6BrN3OS/c9-5-3-6(11-4-5)7(13)12-8-10-1-2-14-8/h1-4,11H,(H,10,12,13). The highest BCUT2D eigenvalue weighted by Gasteiger charge is 2.08. The average molecular weight is 272 g/mol. The summed E-state index contributed by atoms with van der Waals surface area (Å²) in [6, 6.07) is 1.71. The van der Waals surface area contributed by atoms with Crippen LogP contribution in [0.15, 0.2) is 28.3 Å². The van der Waals surface area contributed by atoms with E-state index < -0.39 is 0 Å². The van der Waals surface area contributed by atoms with Gasteiger partial charge in [-0.15, -0.1) is 11.3 Å². The number of halogens is 1. The highest BCUT2D eigenvalue weighted by molar-refractivity contribution is 9.10. The minimum Gasteiger partial charge on any atom is -0.356 e. The molecule has 2 heterocycles. The molecule has 0 unspecified atom stereocenters. The Hall–Kier alpha value is -1.14. The molecule has 2 aromatic heterocycles. The number of hydrogen-bond donors (Lipinski definition) is 2. The van der Waals surface area contributed by atoms with Crippen molar-refractivity contribution >= 4 is 38.3 Å². The Morgan fingerprint density at radius 1 is 1.64 bits per heavy atom. The molecule has 0 spiro atoms. The van der Waals surface area contributed by atoms with Crippen molar-refractivity contribution in [1.82, 2.24) is 9.97 Å². The molecule has 2 aromatic rings. The first-order valence-electron chi connectivity index (χ1n) is 3.80. The molecule has 1 amide bonds. The summed E-state index contributed by atoms with van der Waals surface area (Å²) >= 11 is 4.64. The number of carbonyl (C=O) groups is 1. The lowest BCUT2D eigenvalue weighted by Crippen LogP contribution is -2.11. The molecule has 14 heavy (non-hydrogen) atoms. The normalized spacial score (nSPS) is 10.1. The molecule has 0 saturated heterocycles. The van der Waals surface area contributed by atoms with Gasteiger partial charge in [-0.2, -0.15) is 0 Å². The van der Waals surface area contributed by atoms with Gasteiger partial charge in [-0.05, 0) is 22.0 Å². The number of amides is 1. The number of thiazole rings is 1. The van der Waals surface area contributed by atoms with Crippen molar-refractivity contribution in [3.63, 3.8) is 0 Å². The molecular weight excluding hydrogens is 266 g/mol. The molecule has 72 valence electrons. The lowest BCUT2D eigenvalue weighted by atomic mass is 10.4. The summed E-state index contributed by atoms with van der Waals surface area (Å²) in [4.78, 5) is 18.3. The summed E-state index contributed by atoms with van der Waals surface area (Å²) in [5.74, 6) is -0.189. The van der Waals surface area contributed by atoms with Crippen molar-refractivity contribution in [2.75, 3.05) is 5.32 Å². The average Bonchev–Trinajstić information content (AvgIpc) is 2.75. The molecule has 0 aliphatic carbocycles. The molecular formula is C8H6BrN3OS. The lowest BCUT2D eigenvalue weighted by Gasteiger charge is -1.97. The van der Waals surface area contributed by atoms with Gasteiger partial charge < -0.3 is 4.98 Å². The van der Waals surface area contributed by atoms with Crippen LogP contribution < -0.4 is 5.32 Å². The van der Waals surface area contributed by atoms with Gasteiger partial charge in [0.1, 0.15) is 5.69 Å². The zero-order valence-electron chi connectivity index (χ0n) is 6.95. The lowest BCUT2D eigenvalue weighted by molar-refractivity contribution is 0.102. The van der Waals surface area contributed by atoms with Crippen LogP contribution in [0.4, 0.5) is 5.13 Å². The van der Waals surface area contributed by atoms with Crippen molar-refractivity contribution in [3.8, 4) is 0 Å². The summed E-state index contributed by atoms with van der Waals surface area (Å²) in [6.07, 6.45) is 3.35. The van der Waals surface area contributed by atoms with E-state index in [2.05, 4.69) is 31.2 Å². The number of nitrogens with one attached hydrogen (secondary N) is 2. The molecule has 0 saturated carbocycles. The number of aromatic nitrogens is 2. The van der Waals surface area contributed by atoms with Crippen molar-refractivity contribution in [2.45, 2.75) is 0 Å². The molecule has 0 aromatic carbocycles. The maximum atomic E-state index is 11.5. The van der Waals surface area contributed by atoms with Gasteiger partial charge in [-0.25, -0.2) is 4.98 Å². The Kier molecular flexibility index (Phi) is 2.64. The molecule has 6 heteroatoms. The highest BCUT2D eigenvalue weighted by atomic mass is 79.9. The number of aromatic amines is 1. The van der Waals surface area contributed by atoms with Crippen molar-refractivity contribution < 1.29 is 4.79 Å². The van der Waals surface area contributed by atoms with Gasteiger partial charge in [0, 0.05) is 22.2 Å². The van der Waals surface area contributed by atoms with Crippen LogP contribution in [0.1, 0.15) is 10.5 Å². The Labute approximate surface area is 92.5 Å². The highest BCUT2D eigenvalue weighted by Crippen LogP contribution is 2.14. The molecule has 2 rings (SSSR count). The maximum Gasteiger partial charge on any atom is 0.273 e. The quantitative estimate of drug-likeness (QED) is 0.882. The molecule has 2 N–H and O–H groups in total. The predicted octanol–water partition coefficient (Wildman–Crippen LogP) is 2.49. The van der Waals surface area contributed by atoms with Crippen LogP contribution in [0.25, 0.3) is 0 Å². The molecule has 0 radical (unpaired) electrons. The third-order valence-corrected chi connectivity index (χ3v) is 2.69. The van der Waals surface area contributed by atoms with Gasteiger partial charge in [0.05, 0.1) is 0 Å². The number of H-pyrrole nitrogens is 1. The first-order valence-corrected chi connectivity index (χ1v) is 5.48. The summed E-state index contributed by atoms with van der Waals surface area (Å²) in [6.45, 7) is 0. The predicted molar refractivity (Wildman–Crippen MR) is 58.6 cm³/mol. The van der Waals surface area contributed by atoms with Gasteiger partial charge in [-0.3, -0.25) is 10.1 Å². The number of hydrogen-bond acceptors (Lipinski definition) is 3. The summed E-state index contributed by atoms with van der Waals surface area (Å²) in [5.41, 5.74) is 0.507. The second-order valence-corrected chi connectivity index (χ2v) is 4.33. The Balaban J connectivity index is 2.10. The fourth-order valence-electron chi connectivity index (χ4n) is 0.949. The smallest absolute Gasteiger partial charge is 0.273 e. The summed E-state index contributed by atoms with van der Waals surface area (Å²) < 4.78 is 0.849.